The predicted molar refractivity (Wildman–Crippen MR) is 96.6 cm³/mol. The van der Waals surface area contributed by atoms with Crippen LogP contribution in [0.15, 0.2) is 42.5 Å². The number of Topliss-reactive ketones (excluding diaryl/α,β-unsaturated/α-hetero) is 1. The topological polar surface area (TPSA) is 45.3 Å². The number of ether oxygens (including phenoxy) is 1. The summed E-state index contributed by atoms with van der Waals surface area (Å²) in [5.74, 6) is 0.164. The Balaban J connectivity index is 1.75. The number of nitrogens with zero attached hydrogens (tertiary/aromatic N) is 1. The summed E-state index contributed by atoms with van der Waals surface area (Å²) in [5.41, 5.74) is 2.41. The number of aromatic nitrogens is 1. The molecule has 3 aromatic rings. The minimum atomic E-state index is -0.524. The van der Waals surface area contributed by atoms with E-state index in [9.17, 15) is 4.79 Å². The molecule has 0 aliphatic carbocycles. The van der Waals surface area contributed by atoms with Crippen LogP contribution < -0.4 is 0 Å². The van der Waals surface area contributed by atoms with Gasteiger partial charge in [-0.3, -0.25) is 9.69 Å². The van der Waals surface area contributed by atoms with Crippen molar-refractivity contribution in [3.63, 3.8) is 0 Å². The first-order valence-corrected chi connectivity index (χ1v) is 8.45. The van der Waals surface area contributed by atoms with E-state index in [1.54, 1.807) is 0 Å². The van der Waals surface area contributed by atoms with Crippen molar-refractivity contribution in [2.24, 2.45) is 0 Å². The highest BCUT2D eigenvalue weighted by atomic mass is 16.5. The number of aromatic amines is 1. The van der Waals surface area contributed by atoms with Gasteiger partial charge >= 0.3 is 0 Å². The molecule has 0 spiro atoms. The lowest BCUT2D eigenvalue weighted by atomic mass is 9.90. The van der Waals surface area contributed by atoms with Crippen molar-refractivity contribution >= 4 is 27.6 Å². The minimum absolute atomic E-state index is 0.164. The lowest BCUT2D eigenvalue weighted by Crippen LogP contribution is -2.54. The molecule has 24 heavy (non-hydrogen) atoms. The molecule has 0 atom stereocenters. The Morgan fingerprint density at radius 2 is 1.75 bits per heavy atom. The maximum absolute atomic E-state index is 13.2. The fraction of sp³-hybridized carbons (Fsp3) is 0.350. The number of nitrogens with one attached hydrogen (secondary N) is 1. The van der Waals surface area contributed by atoms with Crippen LogP contribution in [0, 0.1) is 0 Å². The molecule has 0 radical (unpaired) electrons. The number of para-hydroxylation sites is 1. The number of fused-ring (bicyclic) bond motifs is 3. The van der Waals surface area contributed by atoms with Crippen LogP contribution in [0.2, 0.25) is 0 Å². The van der Waals surface area contributed by atoms with Crippen LogP contribution in [-0.4, -0.2) is 47.5 Å². The SMILES string of the molecule is CC(C)(C(=O)c1ccc2[nH]c3ccccc3c2c1)N1CCOCC1. The van der Waals surface area contributed by atoms with E-state index in [0.717, 1.165) is 40.5 Å². The third-order valence-corrected chi connectivity index (χ3v) is 5.13. The molecule has 0 amide bonds. The van der Waals surface area contributed by atoms with E-state index >= 15 is 0 Å². The summed E-state index contributed by atoms with van der Waals surface area (Å²) in [6, 6.07) is 14.2. The molecule has 1 aliphatic rings. The summed E-state index contributed by atoms with van der Waals surface area (Å²) in [4.78, 5) is 18.8. The maximum atomic E-state index is 13.2. The second-order valence-corrected chi connectivity index (χ2v) is 6.92. The number of rotatable bonds is 3. The van der Waals surface area contributed by atoms with E-state index in [4.69, 9.17) is 4.74 Å². The highest BCUT2D eigenvalue weighted by Gasteiger charge is 2.36. The molecule has 2 heterocycles. The number of hydrogen-bond donors (Lipinski definition) is 1. The van der Waals surface area contributed by atoms with Gasteiger partial charge in [-0.15, -0.1) is 0 Å². The van der Waals surface area contributed by atoms with Crippen LogP contribution >= 0.6 is 0 Å². The smallest absolute Gasteiger partial charge is 0.182 e. The van der Waals surface area contributed by atoms with Gasteiger partial charge in [-0.25, -0.2) is 0 Å². The van der Waals surface area contributed by atoms with Gasteiger partial charge in [-0.05, 0) is 38.1 Å². The number of ketones is 1. The minimum Gasteiger partial charge on any atom is -0.379 e. The van der Waals surface area contributed by atoms with Crippen molar-refractivity contribution in [1.82, 2.24) is 9.88 Å². The molecular formula is C20H22N2O2. The van der Waals surface area contributed by atoms with Crippen molar-refractivity contribution in [3.8, 4) is 0 Å². The van der Waals surface area contributed by atoms with Crippen molar-refractivity contribution in [1.29, 1.82) is 0 Å². The Kier molecular flexibility index (Phi) is 3.66. The van der Waals surface area contributed by atoms with Gasteiger partial charge in [-0.1, -0.05) is 18.2 Å². The maximum Gasteiger partial charge on any atom is 0.182 e. The highest BCUT2D eigenvalue weighted by molar-refractivity contribution is 6.11. The molecule has 4 nitrogen and oxygen atoms in total. The molecule has 4 rings (SSSR count). The molecule has 1 fully saturated rings. The molecule has 124 valence electrons. The first-order valence-electron chi connectivity index (χ1n) is 8.45. The van der Waals surface area contributed by atoms with E-state index in [1.165, 1.54) is 0 Å². The average molecular weight is 322 g/mol. The second-order valence-electron chi connectivity index (χ2n) is 6.92. The quantitative estimate of drug-likeness (QED) is 0.749. The summed E-state index contributed by atoms with van der Waals surface area (Å²) < 4.78 is 5.42. The van der Waals surface area contributed by atoms with Crippen LogP contribution in [-0.2, 0) is 4.74 Å². The Labute approximate surface area is 141 Å². The van der Waals surface area contributed by atoms with Crippen LogP contribution in [0.3, 0.4) is 0 Å². The van der Waals surface area contributed by atoms with Crippen LogP contribution in [0.1, 0.15) is 24.2 Å². The molecule has 4 heteroatoms. The zero-order valence-corrected chi connectivity index (χ0v) is 14.1. The van der Waals surface area contributed by atoms with Crippen molar-refractivity contribution < 1.29 is 9.53 Å². The molecule has 1 aromatic heterocycles. The largest absolute Gasteiger partial charge is 0.379 e. The molecule has 0 unspecified atom stereocenters. The number of H-pyrrole nitrogens is 1. The van der Waals surface area contributed by atoms with E-state index in [0.29, 0.717) is 13.2 Å². The van der Waals surface area contributed by atoms with Crippen LogP contribution in [0.25, 0.3) is 21.8 Å². The third kappa shape index (κ3) is 2.43. The Bertz CT molecular complexity index is 904. The van der Waals surface area contributed by atoms with Gasteiger partial charge in [0.1, 0.15) is 0 Å². The van der Waals surface area contributed by atoms with Gasteiger partial charge in [0.2, 0.25) is 0 Å². The molecular weight excluding hydrogens is 300 g/mol. The standard InChI is InChI=1S/C20H22N2O2/c1-20(2,22-9-11-24-12-10-22)19(23)14-7-8-18-16(13-14)15-5-3-4-6-17(15)21-18/h3-8,13,21H,9-12H2,1-2H3. The lowest BCUT2D eigenvalue weighted by molar-refractivity contribution is -0.00429. The molecule has 2 aromatic carbocycles. The first-order chi connectivity index (χ1) is 11.6. The van der Waals surface area contributed by atoms with Crippen LogP contribution in [0.5, 0.6) is 0 Å². The Hall–Kier alpha value is -2.17. The first kappa shape index (κ1) is 15.4. The molecule has 0 bridgehead atoms. The summed E-state index contributed by atoms with van der Waals surface area (Å²) in [7, 11) is 0. The van der Waals surface area contributed by atoms with Gasteiger partial charge in [0.25, 0.3) is 0 Å². The highest BCUT2D eigenvalue weighted by Crippen LogP contribution is 2.28. The molecule has 0 saturated carbocycles. The Morgan fingerprint density at radius 3 is 2.54 bits per heavy atom. The average Bonchev–Trinajstić information content (AvgIpc) is 2.99. The third-order valence-electron chi connectivity index (χ3n) is 5.13. The zero-order valence-electron chi connectivity index (χ0n) is 14.1. The van der Waals surface area contributed by atoms with E-state index < -0.39 is 5.54 Å². The van der Waals surface area contributed by atoms with Gasteiger partial charge in [0.05, 0.1) is 18.8 Å². The van der Waals surface area contributed by atoms with Gasteiger partial charge in [-0.2, -0.15) is 0 Å². The summed E-state index contributed by atoms with van der Waals surface area (Å²) in [6.45, 7) is 7.01. The summed E-state index contributed by atoms with van der Waals surface area (Å²) >= 11 is 0. The number of carbonyl (C=O) groups is 1. The molecule has 1 N–H and O–H groups in total. The van der Waals surface area contributed by atoms with Gasteiger partial charge < -0.3 is 9.72 Å². The van der Waals surface area contributed by atoms with Gasteiger partial charge in [0, 0.05) is 40.5 Å². The predicted octanol–water partition coefficient (Wildman–Crippen LogP) is 3.61. The van der Waals surface area contributed by atoms with E-state index in [1.807, 2.05) is 44.2 Å². The molecule has 1 aliphatic heterocycles. The Morgan fingerprint density at radius 1 is 1.04 bits per heavy atom. The number of morpholine rings is 1. The fourth-order valence-electron chi connectivity index (χ4n) is 3.61. The van der Waals surface area contributed by atoms with E-state index in [-0.39, 0.29) is 5.78 Å². The normalized spacial score (nSPS) is 16.8. The van der Waals surface area contributed by atoms with Crippen molar-refractivity contribution in [3.05, 3.63) is 48.0 Å². The van der Waals surface area contributed by atoms with Gasteiger partial charge in [0.15, 0.2) is 5.78 Å². The zero-order chi connectivity index (χ0) is 16.7. The summed E-state index contributed by atoms with van der Waals surface area (Å²) in [6.07, 6.45) is 0. The van der Waals surface area contributed by atoms with Crippen molar-refractivity contribution in [2.75, 3.05) is 26.3 Å². The number of carbonyl (C=O) groups excluding carboxylic acids is 1. The number of hydrogen-bond acceptors (Lipinski definition) is 3. The second kappa shape index (κ2) is 5.72. The monoisotopic (exact) mass is 322 g/mol. The fourth-order valence-corrected chi connectivity index (χ4v) is 3.61. The van der Waals surface area contributed by atoms with E-state index in [2.05, 4.69) is 22.0 Å². The number of benzene rings is 2. The summed E-state index contributed by atoms with van der Waals surface area (Å²) in [5, 5.41) is 2.26. The molecule has 1 saturated heterocycles. The lowest BCUT2D eigenvalue weighted by Gasteiger charge is -2.39. The van der Waals surface area contributed by atoms with Crippen molar-refractivity contribution in [2.45, 2.75) is 19.4 Å². The van der Waals surface area contributed by atoms with Crippen LogP contribution in [0.4, 0.5) is 0 Å².